The number of aryl methyl sites for hydroxylation is 1. The number of carbonyl (C=O) groups excluding carboxylic acids is 2. The Balaban J connectivity index is 1.63. The minimum absolute atomic E-state index is 0.0328. The lowest BCUT2D eigenvalue weighted by Crippen LogP contribution is -2.21. The molecule has 1 amide bonds. The van der Waals surface area contributed by atoms with Crippen LogP contribution in [-0.4, -0.2) is 23.6 Å². The number of rotatable bonds is 5. The summed E-state index contributed by atoms with van der Waals surface area (Å²) in [7, 11) is 0. The van der Waals surface area contributed by atoms with Gasteiger partial charge in [0.15, 0.2) is 6.61 Å². The molecule has 0 saturated carbocycles. The van der Waals surface area contributed by atoms with Gasteiger partial charge in [0.25, 0.3) is 5.91 Å². The quantitative estimate of drug-likeness (QED) is 0.634. The number of hydrogen-bond acceptors (Lipinski definition) is 5. The van der Waals surface area contributed by atoms with E-state index in [0.717, 1.165) is 5.56 Å². The van der Waals surface area contributed by atoms with E-state index in [1.807, 2.05) is 54.6 Å². The van der Waals surface area contributed by atoms with E-state index in [-0.39, 0.29) is 11.0 Å². The zero-order valence-electron chi connectivity index (χ0n) is 17.0. The summed E-state index contributed by atoms with van der Waals surface area (Å²) in [4.78, 5) is 24.7. The van der Waals surface area contributed by atoms with Crippen LogP contribution in [0.3, 0.4) is 0 Å². The van der Waals surface area contributed by atoms with Gasteiger partial charge < -0.3 is 14.6 Å². The molecule has 0 aliphatic rings. The third kappa shape index (κ3) is 4.90. The van der Waals surface area contributed by atoms with E-state index < -0.39 is 18.5 Å². The second-order valence-electron chi connectivity index (χ2n) is 7.78. The van der Waals surface area contributed by atoms with Crippen molar-refractivity contribution in [1.82, 2.24) is 5.16 Å². The molecule has 0 atom stereocenters. The van der Waals surface area contributed by atoms with Crippen LogP contribution in [0.25, 0.3) is 11.3 Å². The summed E-state index contributed by atoms with van der Waals surface area (Å²) in [6.07, 6.45) is 0. The number of anilines is 1. The Morgan fingerprint density at radius 3 is 2.31 bits per heavy atom. The molecule has 0 radical (unpaired) electrons. The van der Waals surface area contributed by atoms with Gasteiger partial charge in [-0.05, 0) is 30.0 Å². The molecule has 6 heteroatoms. The van der Waals surface area contributed by atoms with E-state index in [0.29, 0.717) is 17.1 Å². The van der Waals surface area contributed by atoms with Crippen LogP contribution in [0.15, 0.2) is 59.1 Å². The fourth-order valence-electron chi connectivity index (χ4n) is 2.86. The molecular formula is C23H24N2O4. The molecule has 0 unspecified atom stereocenters. The lowest BCUT2D eigenvalue weighted by atomic mass is 9.87. The normalized spacial score (nSPS) is 11.2. The van der Waals surface area contributed by atoms with E-state index in [1.165, 1.54) is 5.56 Å². The summed E-state index contributed by atoms with van der Waals surface area (Å²) in [5, 5.41) is 6.68. The maximum atomic E-state index is 12.5. The minimum atomic E-state index is -0.652. The lowest BCUT2D eigenvalue weighted by Gasteiger charge is -2.19. The molecule has 1 N–H and O–H groups in total. The molecule has 0 fully saturated rings. The van der Waals surface area contributed by atoms with Crippen LogP contribution in [0.2, 0.25) is 0 Å². The number of esters is 1. The molecule has 0 saturated heterocycles. The van der Waals surface area contributed by atoms with Gasteiger partial charge in [0.2, 0.25) is 0 Å². The van der Waals surface area contributed by atoms with E-state index in [1.54, 1.807) is 6.92 Å². The van der Waals surface area contributed by atoms with Crippen molar-refractivity contribution in [2.24, 2.45) is 0 Å². The fourth-order valence-corrected chi connectivity index (χ4v) is 2.86. The number of benzene rings is 2. The number of aromatic nitrogens is 1. The molecule has 1 aromatic heterocycles. The second-order valence-corrected chi connectivity index (χ2v) is 7.78. The molecule has 2 aromatic carbocycles. The highest BCUT2D eigenvalue weighted by Crippen LogP contribution is 2.26. The van der Waals surface area contributed by atoms with Crippen molar-refractivity contribution < 1.29 is 18.8 Å². The molecule has 3 aromatic rings. The van der Waals surface area contributed by atoms with Crippen LogP contribution in [-0.2, 0) is 14.9 Å². The Morgan fingerprint density at radius 2 is 1.69 bits per heavy atom. The molecule has 0 bridgehead atoms. The molecule has 0 aliphatic heterocycles. The molecule has 1 heterocycles. The van der Waals surface area contributed by atoms with Crippen molar-refractivity contribution in [3.63, 3.8) is 0 Å². The summed E-state index contributed by atoms with van der Waals surface area (Å²) < 4.78 is 10.4. The van der Waals surface area contributed by atoms with Gasteiger partial charge in [-0.25, -0.2) is 4.79 Å². The SMILES string of the molecule is Cc1onc(-c2ccccc2)c1C(=O)OCC(=O)Nc1ccc(C(C)(C)C)cc1. The summed E-state index contributed by atoms with van der Waals surface area (Å²) in [6.45, 7) is 7.59. The number of hydrogen-bond donors (Lipinski definition) is 1. The van der Waals surface area contributed by atoms with E-state index in [2.05, 4.69) is 31.2 Å². The zero-order valence-corrected chi connectivity index (χ0v) is 17.0. The van der Waals surface area contributed by atoms with Crippen LogP contribution < -0.4 is 5.32 Å². The van der Waals surface area contributed by atoms with Crippen LogP contribution in [0, 0.1) is 6.92 Å². The van der Waals surface area contributed by atoms with Crippen LogP contribution in [0.4, 0.5) is 5.69 Å². The maximum absolute atomic E-state index is 12.5. The first-order valence-corrected chi connectivity index (χ1v) is 9.35. The van der Waals surface area contributed by atoms with E-state index in [9.17, 15) is 9.59 Å². The third-order valence-corrected chi connectivity index (χ3v) is 4.48. The molecule has 0 aliphatic carbocycles. The smallest absolute Gasteiger partial charge is 0.344 e. The van der Waals surface area contributed by atoms with Gasteiger partial charge >= 0.3 is 5.97 Å². The second kappa shape index (κ2) is 8.31. The van der Waals surface area contributed by atoms with E-state index in [4.69, 9.17) is 9.26 Å². The van der Waals surface area contributed by atoms with Gasteiger partial charge in [-0.2, -0.15) is 0 Å². The first-order valence-electron chi connectivity index (χ1n) is 9.35. The van der Waals surface area contributed by atoms with Gasteiger partial charge in [-0.1, -0.05) is 68.4 Å². The Hall–Kier alpha value is -3.41. The fraction of sp³-hybridized carbons (Fsp3) is 0.261. The average Bonchev–Trinajstić information content (AvgIpc) is 3.08. The predicted molar refractivity (Wildman–Crippen MR) is 111 cm³/mol. The highest BCUT2D eigenvalue weighted by molar-refractivity contribution is 5.99. The maximum Gasteiger partial charge on any atom is 0.344 e. The van der Waals surface area contributed by atoms with Crippen molar-refractivity contribution in [2.75, 3.05) is 11.9 Å². The average molecular weight is 392 g/mol. The molecule has 0 spiro atoms. The number of amides is 1. The largest absolute Gasteiger partial charge is 0.452 e. The monoisotopic (exact) mass is 392 g/mol. The number of nitrogens with one attached hydrogen (secondary N) is 1. The Morgan fingerprint density at radius 1 is 1.03 bits per heavy atom. The topological polar surface area (TPSA) is 81.4 Å². The Kier molecular flexibility index (Phi) is 5.82. The van der Waals surface area contributed by atoms with Gasteiger partial charge in [0.05, 0.1) is 0 Å². The van der Waals surface area contributed by atoms with Gasteiger partial charge in [-0.3, -0.25) is 4.79 Å². The Bertz CT molecular complexity index is 1000. The first-order chi connectivity index (χ1) is 13.8. The summed E-state index contributed by atoms with van der Waals surface area (Å²) in [5.74, 6) is -0.731. The number of carbonyl (C=O) groups is 2. The highest BCUT2D eigenvalue weighted by atomic mass is 16.5. The summed E-state index contributed by atoms with van der Waals surface area (Å²) >= 11 is 0. The molecule has 6 nitrogen and oxygen atoms in total. The van der Waals surface area contributed by atoms with Crippen LogP contribution in [0.1, 0.15) is 42.5 Å². The summed E-state index contributed by atoms with van der Waals surface area (Å²) in [6, 6.07) is 16.8. The van der Waals surface area contributed by atoms with Crippen molar-refractivity contribution in [3.05, 3.63) is 71.5 Å². The zero-order chi connectivity index (χ0) is 21.0. The molecule has 3 rings (SSSR count). The molecule has 150 valence electrons. The summed E-state index contributed by atoms with van der Waals surface area (Å²) in [5.41, 5.74) is 3.19. The van der Waals surface area contributed by atoms with Crippen LogP contribution in [0.5, 0.6) is 0 Å². The highest BCUT2D eigenvalue weighted by Gasteiger charge is 2.23. The van der Waals surface area contributed by atoms with Gasteiger partial charge in [-0.15, -0.1) is 0 Å². The minimum Gasteiger partial charge on any atom is -0.452 e. The van der Waals surface area contributed by atoms with Gasteiger partial charge in [0, 0.05) is 11.3 Å². The van der Waals surface area contributed by atoms with Gasteiger partial charge in [0.1, 0.15) is 17.0 Å². The van der Waals surface area contributed by atoms with Crippen molar-refractivity contribution in [3.8, 4) is 11.3 Å². The first kappa shape index (κ1) is 20.3. The molecule has 29 heavy (non-hydrogen) atoms. The molecular weight excluding hydrogens is 368 g/mol. The van der Waals surface area contributed by atoms with Crippen molar-refractivity contribution in [1.29, 1.82) is 0 Å². The lowest BCUT2D eigenvalue weighted by molar-refractivity contribution is -0.119. The number of ether oxygens (including phenoxy) is 1. The van der Waals surface area contributed by atoms with Crippen molar-refractivity contribution in [2.45, 2.75) is 33.1 Å². The Labute approximate surface area is 169 Å². The predicted octanol–water partition coefficient (Wildman–Crippen LogP) is 4.74. The van der Waals surface area contributed by atoms with E-state index >= 15 is 0 Å². The standard InChI is InChI=1S/C23H24N2O4/c1-15-20(21(25-29-15)16-8-6-5-7-9-16)22(27)28-14-19(26)24-18-12-10-17(11-13-18)23(2,3)4/h5-13H,14H2,1-4H3,(H,24,26). The van der Waals surface area contributed by atoms with Crippen LogP contribution >= 0.6 is 0 Å². The third-order valence-electron chi connectivity index (χ3n) is 4.48. The van der Waals surface area contributed by atoms with Crippen molar-refractivity contribution >= 4 is 17.6 Å². The number of nitrogens with zero attached hydrogens (tertiary/aromatic N) is 1.